The molecule has 3 rings (SSSR count). The molecule has 4 nitrogen and oxygen atoms in total. The molecule has 0 aromatic heterocycles. The summed E-state index contributed by atoms with van der Waals surface area (Å²) in [5.41, 5.74) is 8.42. The number of carbonyl (C=O) groups is 1. The Bertz CT molecular complexity index is 604. The quantitative estimate of drug-likeness (QED) is 0.908. The second kappa shape index (κ2) is 5.97. The Morgan fingerprint density at radius 3 is 2.29 bits per heavy atom. The Kier molecular flexibility index (Phi) is 3.88. The number of para-hydroxylation sites is 1. The van der Waals surface area contributed by atoms with Crippen molar-refractivity contribution in [1.29, 1.82) is 0 Å². The van der Waals surface area contributed by atoms with E-state index in [0.29, 0.717) is 5.92 Å². The molecule has 1 saturated heterocycles. The van der Waals surface area contributed by atoms with Gasteiger partial charge in [-0.15, -0.1) is 0 Å². The minimum Gasteiger partial charge on any atom is -0.351 e. The van der Waals surface area contributed by atoms with Crippen molar-refractivity contribution in [2.75, 3.05) is 18.0 Å². The van der Waals surface area contributed by atoms with Gasteiger partial charge < -0.3 is 11.1 Å². The van der Waals surface area contributed by atoms with Crippen LogP contribution in [0.3, 0.4) is 0 Å². The third-order valence-electron chi connectivity index (χ3n) is 3.92. The van der Waals surface area contributed by atoms with Gasteiger partial charge in [0.1, 0.15) is 0 Å². The van der Waals surface area contributed by atoms with Gasteiger partial charge in [-0.05, 0) is 48.7 Å². The first-order chi connectivity index (χ1) is 10.3. The summed E-state index contributed by atoms with van der Waals surface area (Å²) in [5, 5.41) is 3.37. The fraction of sp³-hybridized carbons (Fsp3) is 0.235. The van der Waals surface area contributed by atoms with Gasteiger partial charge in [-0.3, -0.25) is 4.90 Å². The molecule has 0 aliphatic carbocycles. The Morgan fingerprint density at radius 2 is 1.71 bits per heavy atom. The van der Waals surface area contributed by atoms with Crippen LogP contribution >= 0.6 is 0 Å². The third-order valence-corrected chi connectivity index (χ3v) is 3.92. The molecule has 1 unspecified atom stereocenters. The van der Waals surface area contributed by atoms with Crippen LogP contribution in [0.5, 0.6) is 0 Å². The van der Waals surface area contributed by atoms with Crippen LogP contribution in [0.15, 0.2) is 54.6 Å². The van der Waals surface area contributed by atoms with Gasteiger partial charge in [-0.1, -0.05) is 30.3 Å². The predicted molar refractivity (Wildman–Crippen MR) is 84.8 cm³/mol. The number of nitrogens with zero attached hydrogens (tertiary/aromatic N) is 1. The van der Waals surface area contributed by atoms with Crippen molar-refractivity contribution >= 4 is 17.4 Å². The maximum atomic E-state index is 11.8. The molecule has 1 fully saturated rings. The van der Waals surface area contributed by atoms with Crippen LogP contribution in [0, 0.1) is 0 Å². The summed E-state index contributed by atoms with van der Waals surface area (Å²) in [4.78, 5) is 13.3. The lowest BCUT2D eigenvalue weighted by atomic mass is 9.98. The summed E-state index contributed by atoms with van der Waals surface area (Å²) in [6.07, 6.45) is 1.16. The smallest absolute Gasteiger partial charge is 0.323 e. The van der Waals surface area contributed by atoms with Crippen molar-refractivity contribution in [3.8, 4) is 0 Å². The van der Waals surface area contributed by atoms with Crippen molar-refractivity contribution in [3.05, 3.63) is 60.2 Å². The van der Waals surface area contributed by atoms with Crippen LogP contribution in [0.25, 0.3) is 0 Å². The highest BCUT2D eigenvalue weighted by Gasteiger charge is 2.18. The van der Waals surface area contributed by atoms with E-state index < -0.39 is 6.03 Å². The van der Waals surface area contributed by atoms with E-state index in [1.165, 1.54) is 10.5 Å². The number of amides is 2. The molecular weight excluding hydrogens is 262 g/mol. The Hall–Kier alpha value is -2.33. The number of anilines is 2. The van der Waals surface area contributed by atoms with Crippen molar-refractivity contribution in [3.63, 3.8) is 0 Å². The maximum absolute atomic E-state index is 11.8. The number of hydrogen-bond acceptors (Lipinski definition) is 2. The molecule has 21 heavy (non-hydrogen) atoms. The normalized spacial score (nSPS) is 17.6. The second-order valence-corrected chi connectivity index (χ2v) is 5.29. The van der Waals surface area contributed by atoms with Gasteiger partial charge in [0.05, 0.1) is 11.4 Å². The van der Waals surface area contributed by atoms with Gasteiger partial charge in [-0.2, -0.15) is 0 Å². The molecule has 1 aliphatic heterocycles. The SMILES string of the molecule is NC(=O)N(c1ccccc1)c1ccc(C2CCNC2)cc1. The summed E-state index contributed by atoms with van der Waals surface area (Å²) < 4.78 is 0. The molecular formula is C17H19N3O. The first kappa shape index (κ1) is 13.6. The van der Waals surface area contributed by atoms with E-state index in [2.05, 4.69) is 17.4 Å². The fourth-order valence-corrected chi connectivity index (χ4v) is 2.82. The molecule has 0 radical (unpaired) electrons. The minimum absolute atomic E-state index is 0.475. The lowest BCUT2D eigenvalue weighted by Gasteiger charge is -2.21. The largest absolute Gasteiger partial charge is 0.351 e. The zero-order chi connectivity index (χ0) is 14.7. The van der Waals surface area contributed by atoms with Crippen molar-refractivity contribution in [2.45, 2.75) is 12.3 Å². The minimum atomic E-state index is -0.475. The number of carbonyl (C=O) groups excluding carboxylic acids is 1. The zero-order valence-electron chi connectivity index (χ0n) is 11.8. The molecule has 2 aromatic carbocycles. The molecule has 0 saturated carbocycles. The molecule has 3 N–H and O–H groups in total. The molecule has 2 aromatic rings. The molecule has 2 amide bonds. The van der Waals surface area contributed by atoms with E-state index in [1.807, 2.05) is 42.5 Å². The van der Waals surface area contributed by atoms with Crippen LogP contribution in [-0.2, 0) is 0 Å². The lowest BCUT2D eigenvalue weighted by molar-refractivity contribution is 0.256. The summed E-state index contributed by atoms with van der Waals surface area (Å²) in [6.45, 7) is 2.10. The van der Waals surface area contributed by atoms with Crippen LogP contribution in [0.2, 0.25) is 0 Å². The van der Waals surface area contributed by atoms with Gasteiger partial charge in [0.25, 0.3) is 0 Å². The van der Waals surface area contributed by atoms with Crippen molar-refractivity contribution in [2.24, 2.45) is 5.73 Å². The van der Waals surface area contributed by atoms with E-state index in [4.69, 9.17) is 5.73 Å². The third kappa shape index (κ3) is 2.90. The average molecular weight is 281 g/mol. The van der Waals surface area contributed by atoms with Gasteiger partial charge in [0.15, 0.2) is 0 Å². The molecule has 1 atom stereocenters. The Labute approximate surface area is 124 Å². The highest BCUT2D eigenvalue weighted by atomic mass is 16.2. The molecule has 0 spiro atoms. The number of nitrogens with one attached hydrogen (secondary N) is 1. The first-order valence-electron chi connectivity index (χ1n) is 7.21. The van der Waals surface area contributed by atoms with Gasteiger partial charge in [-0.25, -0.2) is 4.79 Å². The zero-order valence-corrected chi connectivity index (χ0v) is 11.8. The Balaban J connectivity index is 1.88. The number of primary amides is 1. The van der Waals surface area contributed by atoms with Crippen LogP contribution in [0.1, 0.15) is 17.9 Å². The summed E-state index contributed by atoms with van der Waals surface area (Å²) in [6, 6.07) is 17.1. The van der Waals surface area contributed by atoms with E-state index in [-0.39, 0.29) is 0 Å². The van der Waals surface area contributed by atoms with E-state index in [9.17, 15) is 4.79 Å². The topological polar surface area (TPSA) is 58.4 Å². The summed E-state index contributed by atoms with van der Waals surface area (Å²) >= 11 is 0. The predicted octanol–water partition coefficient (Wildman–Crippen LogP) is 2.98. The highest BCUT2D eigenvalue weighted by Crippen LogP contribution is 2.28. The number of rotatable bonds is 3. The van der Waals surface area contributed by atoms with E-state index in [1.54, 1.807) is 0 Å². The van der Waals surface area contributed by atoms with Crippen LogP contribution < -0.4 is 16.0 Å². The number of nitrogens with two attached hydrogens (primary N) is 1. The number of benzene rings is 2. The lowest BCUT2D eigenvalue weighted by Crippen LogP contribution is -2.31. The monoisotopic (exact) mass is 281 g/mol. The fourth-order valence-electron chi connectivity index (χ4n) is 2.82. The number of urea groups is 1. The van der Waals surface area contributed by atoms with Crippen LogP contribution in [0.4, 0.5) is 16.2 Å². The van der Waals surface area contributed by atoms with Crippen molar-refractivity contribution in [1.82, 2.24) is 5.32 Å². The number of hydrogen-bond donors (Lipinski definition) is 2. The van der Waals surface area contributed by atoms with Gasteiger partial charge in [0.2, 0.25) is 0 Å². The van der Waals surface area contributed by atoms with Crippen molar-refractivity contribution < 1.29 is 4.79 Å². The average Bonchev–Trinajstić information content (AvgIpc) is 3.03. The molecule has 1 heterocycles. The van der Waals surface area contributed by atoms with Gasteiger partial charge in [0, 0.05) is 6.54 Å². The summed E-state index contributed by atoms with van der Waals surface area (Å²) in [7, 11) is 0. The summed E-state index contributed by atoms with van der Waals surface area (Å²) in [5.74, 6) is 0.567. The first-order valence-corrected chi connectivity index (χ1v) is 7.21. The molecule has 4 heteroatoms. The van der Waals surface area contributed by atoms with E-state index >= 15 is 0 Å². The Morgan fingerprint density at radius 1 is 1.05 bits per heavy atom. The maximum Gasteiger partial charge on any atom is 0.323 e. The molecule has 108 valence electrons. The molecule has 1 aliphatic rings. The standard InChI is InChI=1S/C17H19N3O/c18-17(21)20(15-4-2-1-3-5-15)16-8-6-13(7-9-16)14-10-11-19-12-14/h1-9,14,19H,10-12H2,(H2,18,21). The molecule has 0 bridgehead atoms. The van der Waals surface area contributed by atoms with Crippen LogP contribution in [-0.4, -0.2) is 19.1 Å². The highest BCUT2D eigenvalue weighted by molar-refractivity contribution is 5.98. The van der Waals surface area contributed by atoms with Gasteiger partial charge >= 0.3 is 6.03 Å². The van der Waals surface area contributed by atoms with E-state index in [0.717, 1.165) is 30.9 Å². The second-order valence-electron chi connectivity index (χ2n) is 5.29.